The molecule has 0 aliphatic carbocycles. The van der Waals surface area contributed by atoms with E-state index in [4.69, 9.17) is 4.74 Å². The quantitative estimate of drug-likeness (QED) is 0.551. The molecular weight excluding hydrogens is 365 g/mol. The zero-order valence-corrected chi connectivity index (χ0v) is 12.8. The number of ketones is 1. The summed E-state index contributed by atoms with van der Waals surface area (Å²) in [7, 11) is 0. The SMILES string of the molecule is O=C(COc1ccccc1I)c1c[nH]c2ccccc12. The van der Waals surface area contributed by atoms with Gasteiger partial charge in [-0.3, -0.25) is 4.79 Å². The van der Waals surface area contributed by atoms with Gasteiger partial charge in [-0.05, 0) is 40.8 Å². The number of para-hydroxylation sites is 2. The lowest BCUT2D eigenvalue weighted by Gasteiger charge is -2.06. The van der Waals surface area contributed by atoms with Crippen LogP contribution in [-0.2, 0) is 0 Å². The van der Waals surface area contributed by atoms with Gasteiger partial charge >= 0.3 is 0 Å². The number of carbonyl (C=O) groups excluding carboxylic acids is 1. The Hall–Kier alpha value is -1.82. The lowest BCUT2D eigenvalue weighted by atomic mass is 10.1. The minimum Gasteiger partial charge on any atom is -0.484 e. The van der Waals surface area contributed by atoms with Gasteiger partial charge in [-0.1, -0.05) is 30.3 Å². The van der Waals surface area contributed by atoms with Crippen molar-refractivity contribution in [1.29, 1.82) is 0 Å². The van der Waals surface area contributed by atoms with Gasteiger partial charge in [0, 0.05) is 22.7 Å². The molecule has 0 spiro atoms. The second-order valence-corrected chi connectivity index (χ2v) is 5.55. The summed E-state index contributed by atoms with van der Waals surface area (Å²) in [4.78, 5) is 15.4. The van der Waals surface area contributed by atoms with Crippen molar-refractivity contribution < 1.29 is 9.53 Å². The molecule has 100 valence electrons. The minimum atomic E-state index is -0.0258. The molecule has 0 aliphatic rings. The molecule has 0 fully saturated rings. The van der Waals surface area contributed by atoms with Crippen LogP contribution in [0.5, 0.6) is 5.75 Å². The number of rotatable bonds is 4. The maximum Gasteiger partial charge on any atom is 0.202 e. The Bertz CT molecular complexity index is 764. The van der Waals surface area contributed by atoms with Gasteiger partial charge in [-0.2, -0.15) is 0 Å². The third kappa shape index (κ3) is 2.56. The van der Waals surface area contributed by atoms with Crippen molar-refractivity contribution in [3.8, 4) is 5.75 Å². The van der Waals surface area contributed by atoms with Crippen molar-refractivity contribution >= 4 is 39.3 Å². The summed E-state index contributed by atoms with van der Waals surface area (Å²) in [5, 5.41) is 0.934. The maximum atomic E-state index is 12.3. The van der Waals surface area contributed by atoms with Crippen LogP contribution in [0.15, 0.2) is 54.7 Å². The minimum absolute atomic E-state index is 0.0258. The van der Waals surface area contributed by atoms with E-state index in [1.54, 1.807) is 6.20 Å². The lowest BCUT2D eigenvalue weighted by molar-refractivity contribution is 0.0922. The lowest BCUT2D eigenvalue weighted by Crippen LogP contribution is -2.11. The fourth-order valence-corrected chi connectivity index (χ4v) is 2.63. The normalized spacial score (nSPS) is 10.7. The molecule has 4 heteroatoms. The summed E-state index contributed by atoms with van der Waals surface area (Å²) in [5.41, 5.74) is 1.64. The Balaban J connectivity index is 1.79. The van der Waals surface area contributed by atoms with E-state index in [0.717, 1.165) is 20.2 Å². The molecule has 2 aromatic carbocycles. The number of aromatic nitrogens is 1. The largest absolute Gasteiger partial charge is 0.484 e. The predicted molar refractivity (Wildman–Crippen MR) is 87.3 cm³/mol. The highest BCUT2D eigenvalue weighted by atomic mass is 127. The summed E-state index contributed by atoms with van der Waals surface area (Å²) in [5.74, 6) is 0.711. The van der Waals surface area contributed by atoms with Crippen molar-refractivity contribution in [1.82, 2.24) is 4.98 Å². The highest BCUT2D eigenvalue weighted by Gasteiger charge is 2.12. The summed E-state index contributed by atoms with van der Waals surface area (Å²) in [6.45, 7) is 0.0435. The molecule has 3 nitrogen and oxygen atoms in total. The van der Waals surface area contributed by atoms with E-state index in [-0.39, 0.29) is 12.4 Å². The number of halogens is 1. The second-order valence-electron chi connectivity index (χ2n) is 4.39. The number of aromatic amines is 1. The predicted octanol–water partition coefficient (Wildman–Crippen LogP) is 4.03. The summed E-state index contributed by atoms with van der Waals surface area (Å²) >= 11 is 2.19. The van der Waals surface area contributed by atoms with Gasteiger partial charge < -0.3 is 9.72 Å². The first-order valence-electron chi connectivity index (χ1n) is 6.22. The van der Waals surface area contributed by atoms with Crippen LogP contribution in [0.2, 0.25) is 0 Å². The third-order valence-electron chi connectivity index (χ3n) is 3.09. The van der Waals surface area contributed by atoms with Crippen molar-refractivity contribution in [2.75, 3.05) is 6.61 Å². The molecule has 3 rings (SSSR count). The highest BCUT2D eigenvalue weighted by Crippen LogP contribution is 2.21. The monoisotopic (exact) mass is 377 g/mol. The van der Waals surface area contributed by atoms with Crippen molar-refractivity contribution in [2.24, 2.45) is 0 Å². The Morgan fingerprint density at radius 2 is 1.85 bits per heavy atom. The van der Waals surface area contributed by atoms with Gasteiger partial charge in [0.1, 0.15) is 5.75 Å². The van der Waals surface area contributed by atoms with Crippen LogP contribution >= 0.6 is 22.6 Å². The van der Waals surface area contributed by atoms with E-state index >= 15 is 0 Å². The molecule has 0 atom stereocenters. The van der Waals surface area contributed by atoms with Crippen molar-refractivity contribution in [2.45, 2.75) is 0 Å². The molecule has 0 unspecified atom stereocenters. The summed E-state index contributed by atoms with van der Waals surface area (Å²) in [6, 6.07) is 15.4. The molecule has 1 heterocycles. The van der Waals surface area contributed by atoms with Crippen LogP contribution in [0, 0.1) is 3.57 Å². The number of carbonyl (C=O) groups is 1. The first kappa shape index (κ1) is 13.2. The van der Waals surface area contributed by atoms with Gasteiger partial charge in [0.15, 0.2) is 6.61 Å². The number of ether oxygens (including phenoxy) is 1. The van der Waals surface area contributed by atoms with Gasteiger partial charge in [-0.25, -0.2) is 0 Å². The molecule has 1 N–H and O–H groups in total. The number of nitrogens with one attached hydrogen (secondary N) is 1. The second kappa shape index (κ2) is 5.66. The van der Waals surface area contributed by atoms with E-state index in [0.29, 0.717) is 5.56 Å². The molecule has 0 saturated carbocycles. The number of benzene rings is 2. The number of H-pyrrole nitrogens is 1. The molecule has 20 heavy (non-hydrogen) atoms. The van der Waals surface area contributed by atoms with Crippen molar-refractivity contribution in [3.63, 3.8) is 0 Å². The topological polar surface area (TPSA) is 42.1 Å². The Labute approximate surface area is 130 Å². The van der Waals surface area contributed by atoms with Crippen LogP contribution in [0.1, 0.15) is 10.4 Å². The van der Waals surface area contributed by atoms with Gasteiger partial charge in [-0.15, -0.1) is 0 Å². The van der Waals surface area contributed by atoms with Crippen molar-refractivity contribution in [3.05, 3.63) is 63.9 Å². The van der Waals surface area contributed by atoms with E-state index < -0.39 is 0 Å². The molecule has 0 amide bonds. The molecule has 0 aliphatic heterocycles. The third-order valence-corrected chi connectivity index (χ3v) is 3.98. The number of hydrogen-bond acceptors (Lipinski definition) is 2. The van der Waals surface area contributed by atoms with Crippen LogP contribution in [-0.4, -0.2) is 17.4 Å². The number of fused-ring (bicyclic) bond motifs is 1. The molecular formula is C16H12INO2. The molecule has 0 saturated heterocycles. The average Bonchev–Trinajstić information content (AvgIpc) is 2.90. The zero-order chi connectivity index (χ0) is 13.9. The van der Waals surface area contributed by atoms with Crippen LogP contribution in [0.4, 0.5) is 0 Å². The number of Topliss-reactive ketones (excluding diaryl/α,β-unsaturated/α-hetero) is 1. The summed E-state index contributed by atoms with van der Waals surface area (Å²) in [6.07, 6.45) is 1.74. The maximum absolute atomic E-state index is 12.3. The van der Waals surface area contributed by atoms with Gasteiger partial charge in [0.25, 0.3) is 0 Å². The zero-order valence-electron chi connectivity index (χ0n) is 10.6. The van der Waals surface area contributed by atoms with Crippen LogP contribution < -0.4 is 4.74 Å². The fourth-order valence-electron chi connectivity index (χ4n) is 2.09. The Kier molecular flexibility index (Phi) is 3.73. The van der Waals surface area contributed by atoms with E-state index in [1.165, 1.54) is 0 Å². The Morgan fingerprint density at radius 1 is 1.10 bits per heavy atom. The van der Waals surface area contributed by atoms with Gasteiger partial charge in [0.05, 0.1) is 3.57 Å². The highest BCUT2D eigenvalue weighted by molar-refractivity contribution is 14.1. The molecule has 0 bridgehead atoms. The number of hydrogen-bond donors (Lipinski definition) is 1. The first-order chi connectivity index (χ1) is 9.75. The molecule has 0 radical (unpaired) electrons. The first-order valence-corrected chi connectivity index (χ1v) is 7.30. The van der Waals surface area contributed by atoms with E-state index in [1.807, 2.05) is 48.5 Å². The fraction of sp³-hybridized carbons (Fsp3) is 0.0625. The van der Waals surface area contributed by atoms with E-state index in [2.05, 4.69) is 27.6 Å². The average molecular weight is 377 g/mol. The Morgan fingerprint density at radius 3 is 2.70 bits per heavy atom. The smallest absolute Gasteiger partial charge is 0.202 e. The molecule has 1 aromatic heterocycles. The summed E-state index contributed by atoms with van der Waals surface area (Å²) < 4.78 is 6.60. The van der Waals surface area contributed by atoms with Gasteiger partial charge in [0.2, 0.25) is 5.78 Å². The van der Waals surface area contributed by atoms with Crippen LogP contribution in [0.3, 0.4) is 0 Å². The standard InChI is InChI=1S/C16H12INO2/c17-13-6-2-4-8-16(13)20-10-15(19)12-9-18-14-7-3-1-5-11(12)14/h1-9,18H,10H2. The molecule has 3 aromatic rings. The van der Waals surface area contributed by atoms with E-state index in [9.17, 15) is 4.79 Å². The van der Waals surface area contributed by atoms with Crippen LogP contribution in [0.25, 0.3) is 10.9 Å².